The molecule has 1 atom stereocenters. The molecule has 2 rings (SSSR count). The normalized spacial score (nSPS) is 11.8. The first-order chi connectivity index (χ1) is 11.0. The predicted molar refractivity (Wildman–Crippen MR) is 82.8 cm³/mol. The molecule has 0 bridgehead atoms. The maximum absolute atomic E-state index is 11.8. The van der Waals surface area contributed by atoms with Gasteiger partial charge in [0.05, 0.1) is 26.6 Å². The van der Waals surface area contributed by atoms with Gasteiger partial charge >= 0.3 is 5.97 Å². The van der Waals surface area contributed by atoms with Crippen LogP contribution in [0.3, 0.4) is 0 Å². The minimum Gasteiger partial charge on any atom is -0.502 e. The van der Waals surface area contributed by atoms with E-state index in [4.69, 9.17) is 13.9 Å². The summed E-state index contributed by atoms with van der Waals surface area (Å²) in [6.07, 6.45) is -0.0667. The number of aryl methyl sites for hydroxylation is 1. The summed E-state index contributed by atoms with van der Waals surface area (Å²) in [7, 11) is 2.83. The number of carbonyl (C=O) groups is 1. The van der Waals surface area contributed by atoms with Crippen LogP contribution in [-0.2, 0) is 9.53 Å². The van der Waals surface area contributed by atoms with E-state index in [1.807, 2.05) is 0 Å². The number of hydrogen-bond acceptors (Lipinski definition) is 6. The van der Waals surface area contributed by atoms with Crippen LogP contribution in [0.4, 0.5) is 0 Å². The average Bonchev–Trinajstić information content (AvgIpc) is 2.56. The summed E-state index contributed by atoms with van der Waals surface area (Å²) in [5.74, 6) is -0.562. The van der Waals surface area contributed by atoms with Gasteiger partial charge in [-0.15, -0.1) is 0 Å². The molecular weight excluding hydrogens is 300 g/mol. The van der Waals surface area contributed by atoms with Crippen molar-refractivity contribution < 1.29 is 23.8 Å². The van der Waals surface area contributed by atoms with Crippen molar-refractivity contribution in [1.82, 2.24) is 0 Å². The predicted octanol–water partition coefficient (Wildman–Crippen LogP) is 2.36. The molecule has 0 saturated carbocycles. The molecule has 0 aliphatic rings. The molecule has 1 N–H and O–H groups in total. The molecule has 0 radical (unpaired) electrons. The quantitative estimate of drug-likeness (QED) is 0.852. The summed E-state index contributed by atoms with van der Waals surface area (Å²) in [6, 6.07) is 8.14. The Morgan fingerprint density at radius 3 is 2.48 bits per heavy atom. The van der Waals surface area contributed by atoms with E-state index >= 15 is 0 Å². The zero-order valence-electron chi connectivity index (χ0n) is 13.2. The largest absolute Gasteiger partial charge is 0.502 e. The van der Waals surface area contributed by atoms with Crippen molar-refractivity contribution in [2.45, 2.75) is 19.3 Å². The number of hydrogen-bond donors (Lipinski definition) is 1. The van der Waals surface area contributed by atoms with Gasteiger partial charge in [0, 0.05) is 6.07 Å². The van der Waals surface area contributed by atoms with Gasteiger partial charge in [0.2, 0.25) is 11.2 Å². The number of methoxy groups -OCH3 is 2. The summed E-state index contributed by atoms with van der Waals surface area (Å²) in [5.41, 5.74) is 0.146. The minimum absolute atomic E-state index is 0.0468. The molecule has 0 aliphatic carbocycles. The van der Waals surface area contributed by atoms with Gasteiger partial charge in [-0.2, -0.15) is 0 Å². The van der Waals surface area contributed by atoms with E-state index in [-0.39, 0.29) is 12.2 Å². The van der Waals surface area contributed by atoms with Crippen LogP contribution < -0.4 is 10.2 Å². The first-order valence-electron chi connectivity index (χ1n) is 7.00. The van der Waals surface area contributed by atoms with Crippen molar-refractivity contribution in [1.29, 1.82) is 0 Å². The number of ether oxygens (including phenoxy) is 2. The van der Waals surface area contributed by atoms with E-state index < -0.39 is 23.1 Å². The Balaban J connectivity index is 2.53. The SMILES string of the molecule is COC(=O)CC(c1ccc(OC)cc1)c1oc(C)cc(=O)c1O. The first kappa shape index (κ1) is 16.6. The molecule has 6 nitrogen and oxygen atoms in total. The van der Waals surface area contributed by atoms with Crippen LogP contribution in [0.2, 0.25) is 0 Å². The molecular formula is C17H18O6. The smallest absolute Gasteiger partial charge is 0.306 e. The van der Waals surface area contributed by atoms with Crippen molar-refractivity contribution in [3.8, 4) is 11.5 Å². The van der Waals surface area contributed by atoms with Gasteiger partial charge in [-0.1, -0.05) is 12.1 Å². The molecule has 23 heavy (non-hydrogen) atoms. The number of aromatic hydroxyl groups is 1. The Morgan fingerprint density at radius 2 is 1.91 bits per heavy atom. The zero-order valence-corrected chi connectivity index (χ0v) is 13.2. The van der Waals surface area contributed by atoms with E-state index in [1.54, 1.807) is 38.3 Å². The van der Waals surface area contributed by atoms with Crippen LogP contribution >= 0.6 is 0 Å². The van der Waals surface area contributed by atoms with E-state index in [0.29, 0.717) is 17.1 Å². The highest BCUT2D eigenvalue weighted by Gasteiger charge is 2.26. The lowest BCUT2D eigenvalue weighted by Gasteiger charge is -2.17. The molecule has 122 valence electrons. The maximum Gasteiger partial charge on any atom is 0.306 e. The highest BCUT2D eigenvalue weighted by molar-refractivity contribution is 5.71. The molecule has 0 fully saturated rings. The first-order valence-corrected chi connectivity index (χ1v) is 7.00. The van der Waals surface area contributed by atoms with E-state index in [2.05, 4.69) is 0 Å². The van der Waals surface area contributed by atoms with Gasteiger partial charge in [-0.05, 0) is 24.6 Å². The summed E-state index contributed by atoms with van der Waals surface area (Å²) >= 11 is 0. The highest BCUT2D eigenvalue weighted by atomic mass is 16.5. The second kappa shape index (κ2) is 7.00. The third kappa shape index (κ3) is 3.71. The molecule has 6 heteroatoms. The molecule has 0 aliphatic heterocycles. The lowest BCUT2D eigenvalue weighted by Crippen LogP contribution is -2.13. The summed E-state index contributed by atoms with van der Waals surface area (Å²) in [5, 5.41) is 10.1. The van der Waals surface area contributed by atoms with Crippen LogP contribution in [0.15, 0.2) is 39.5 Å². The van der Waals surface area contributed by atoms with Crippen molar-refractivity contribution in [2.75, 3.05) is 14.2 Å². The maximum atomic E-state index is 11.8. The molecule has 1 aromatic heterocycles. The molecule has 1 unspecified atom stereocenters. The van der Waals surface area contributed by atoms with Crippen LogP contribution in [0.1, 0.15) is 29.4 Å². The monoisotopic (exact) mass is 318 g/mol. The summed E-state index contributed by atoms with van der Waals surface area (Å²) in [4.78, 5) is 23.5. The number of carbonyl (C=O) groups excluding carboxylic acids is 1. The number of benzene rings is 1. The van der Waals surface area contributed by atoms with Crippen molar-refractivity contribution in [2.24, 2.45) is 0 Å². The van der Waals surface area contributed by atoms with Crippen LogP contribution in [-0.4, -0.2) is 25.3 Å². The fraction of sp³-hybridized carbons (Fsp3) is 0.294. The number of rotatable bonds is 5. The third-order valence-corrected chi connectivity index (χ3v) is 3.51. The van der Waals surface area contributed by atoms with Crippen LogP contribution in [0.5, 0.6) is 11.5 Å². The van der Waals surface area contributed by atoms with Gasteiger partial charge in [0.1, 0.15) is 11.5 Å². The van der Waals surface area contributed by atoms with E-state index in [9.17, 15) is 14.7 Å². The molecule has 1 heterocycles. The van der Waals surface area contributed by atoms with E-state index in [1.165, 1.54) is 13.2 Å². The Morgan fingerprint density at radius 1 is 1.26 bits per heavy atom. The average molecular weight is 318 g/mol. The molecule has 0 amide bonds. The Bertz CT molecular complexity index is 745. The van der Waals surface area contributed by atoms with E-state index in [0.717, 1.165) is 0 Å². The van der Waals surface area contributed by atoms with Crippen LogP contribution in [0.25, 0.3) is 0 Å². The fourth-order valence-electron chi connectivity index (χ4n) is 2.31. The Labute approximate surface area is 133 Å². The molecule has 0 spiro atoms. The van der Waals surface area contributed by atoms with Gasteiger partial charge < -0.3 is 19.0 Å². The lowest BCUT2D eigenvalue weighted by molar-refractivity contribution is -0.140. The van der Waals surface area contributed by atoms with Gasteiger partial charge in [-0.25, -0.2) is 0 Å². The molecule has 2 aromatic rings. The lowest BCUT2D eigenvalue weighted by atomic mass is 9.92. The zero-order chi connectivity index (χ0) is 17.0. The van der Waals surface area contributed by atoms with Crippen LogP contribution in [0, 0.1) is 6.92 Å². The van der Waals surface area contributed by atoms with Crippen molar-refractivity contribution in [3.05, 3.63) is 57.6 Å². The fourth-order valence-corrected chi connectivity index (χ4v) is 2.31. The topological polar surface area (TPSA) is 86.0 Å². The summed E-state index contributed by atoms with van der Waals surface area (Å²) in [6.45, 7) is 1.60. The third-order valence-electron chi connectivity index (χ3n) is 3.51. The van der Waals surface area contributed by atoms with Gasteiger partial charge in [0.15, 0.2) is 5.76 Å². The van der Waals surface area contributed by atoms with Crippen molar-refractivity contribution >= 4 is 5.97 Å². The second-order valence-corrected chi connectivity index (χ2v) is 5.04. The highest BCUT2D eigenvalue weighted by Crippen LogP contribution is 2.33. The molecule has 0 saturated heterocycles. The van der Waals surface area contributed by atoms with Gasteiger partial charge in [-0.3, -0.25) is 9.59 Å². The number of esters is 1. The summed E-state index contributed by atoms with van der Waals surface area (Å²) < 4.78 is 15.3. The minimum atomic E-state index is -0.638. The van der Waals surface area contributed by atoms with Gasteiger partial charge in [0.25, 0.3) is 0 Å². The van der Waals surface area contributed by atoms with Crippen molar-refractivity contribution in [3.63, 3.8) is 0 Å². The second-order valence-electron chi connectivity index (χ2n) is 5.04. The Kier molecular flexibility index (Phi) is 5.05. The molecule has 1 aromatic carbocycles. The standard InChI is InChI=1S/C17H18O6/c1-10-8-14(18)16(20)17(23-10)13(9-15(19)22-3)11-4-6-12(21-2)7-5-11/h4-8,13,20H,9H2,1-3H3. The Hall–Kier alpha value is -2.76.